The van der Waals surface area contributed by atoms with Crippen LogP contribution >= 0.6 is 0 Å². The zero-order valence-corrected chi connectivity index (χ0v) is 13.6. The van der Waals surface area contributed by atoms with Gasteiger partial charge in [0, 0.05) is 24.4 Å². The molecule has 0 bridgehead atoms. The van der Waals surface area contributed by atoms with Crippen molar-refractivity contribution in [3.63, 3.8) is 0 Å². The minimum atomic E-state index is -0.162. The number of ether oxygens (including phenoxy) is 2. The minimum Gasteiger partial charge on any atom is -0.454 e. The van der Waals surface area contributed by atoms with E-state index in [1.165, 1.54) is 0 Å². The predicted octanol–water partition coefficient (Wildman–Crippen LogP) is 3.21. The Hall–Kier alpha value is -3.28. The summed E-state index contributed by atoms with van der Waals surface area (Å²) in [4.78, 5) is 19.6. The summed E-state index contributed by atoms with van der Waals surface area (Å²) in [7, 11) is 0. The van der Waals surface area contributed by atoms with E-state index in [-0.39, 0.29) is 12.7 Å². The Morgan fingerprint density at radius 3 is 2.84 bits per heavy atom. The molecular weight excluding hydrogens is 318 g/mol. The monoisotopic (exact) mass is 333 g/mol. The van der Waals surface area contributed by atoms with Gasteiger partial charge in [0.25, 0.3) is 5.91 Å². The first-order valence-corrected chi connectivity index (χ1v) is 8.16. The molecule has 0 unspecified atom stereocenters. The van der Waals surface area contributed by atoms with E-state index in [4.69, 9.17) is 14.5 Å². The standard InChI is InChI=1S/C19H15N3O3/c1-2-22-9-12-18(11-7-16-17(8-15(11)22)25-10-24-16)20-13-5-3-4-6-14(13)21-19(12)23/h3-9H,2,10H2,1H3,(H,21,23). The average molecular weight is 333 g/mol. The quantitative estimate of drug-likeness (QED) is 0.870. The lowest BCUT2D eigenvalue weighted by atomic mass is 9.95. The lowest BCUT2D eigenvalue weighted by molar-refractivity contribution is -0.112. The first-order chi connectivity index (χ1) is 12.2. The van der Waals surface area contributed by atoms with Gasteiger partial charge in [-0.25, -0.2) is 4.99 Å². The van der Waals surface area contributed by atoms with Gasteiger partial charge in [-0.3, -0.25) is 4.79 Å². The van der Waals surface area contributed by atoms with Gasteiger partial charge in [0.2, 0.25) is 6.79 Å². The number of nitrogens with zero attached hydrogens (tertiary/aromatic N) is 2. The van der Waals surface area contributed by atoms with Gasteiger partial charge in [0.05, 0.1) is 28.3 Å². The van der Waals surface area contributed by atoms with Gasteiger partial charge < -0.3 is 19.7 Å². The van der Waals surface area contributed by atoms with Crippen LogP contribution in [0.1, 0.15) is 12.5 Å². The van der Waals surface area contributed by atoms with Crippen molar-refractivity contribution >= 4 is 28.7 Å². The number of fused-ring (bicyclic) bond motifs is 5. The first kappa shape index (κ1) is 14.1. The Morgan fingerprint density at radius 2 is 2.00 bits per heavy atom. The normalized spacial score (nSPS) is 16.8. The van der Waals surface area contributed by atoms with E-state index < -0.39 is 0 Å². The Bertz CT molecular complexity index is 978. The van der Waals surface area contributed by atoms with Crippen molar-refractivity contribution in [2.75, 3.05) is 23.6 Å². The van der Waals surface area contributed by atoms with Crippen LogP contribution in [0.4, 0.5) is 17.1 Å². The largest absolute Gasteiger partial charge is 0.454 e. The molecule has 3 aliphatic rings. The van der Waals surface area contributed by atoms with E-state index in [1.807, 2.05) is 54.4 Å². The molecule has 0 aromatic heterocycles. The van der Waals surface area contributed by atoms with E-state index in [0.29, 0.717) is 28.5 Å². The van der Waals surface area contributed by atoms with E-state index in [0.717, 1.165) is 23.5 Å². The molecule has 124 valence electrons. The first-order valence-electron chi connectivity index (χ1n) is 8.16. The van der Waals surface area contributed by atoms with Crippen LogP contribution in [0.3, 0.4) is 0 Å². The van der Waals surface area contributed by atoms with Crippen molar-refractivity contribution in [2.45, 2.75) is 6.92 Å². The summed E-state index contributed by atoms with van der Waals surface area (Å²) >= 11 is 0. The molecule has 5 rings (SSSR count). The second-order valence-corrected chi connectivity index (χ2v) is 5.98. The number of hydrogen-bond donors (Lipinski definition) is 1. The topological polar surface area (TPSA) is 63.2 Å². The van der Waals surface area contributed by atoms with E-state index in [2.05, 4.69) is 5.32 Å². The number of amides is 1. The molecule has 0 aliphatic carbocycles. The zero-order valence-electron chi connectivity index (χ0n) is 13.6. The summed E-state index contributed by atoms with van der Waals surface area (Å²) in [6.45, 7) is 2.97. The number of anilines is 2. The van der Waals surface area contributed by atoms with E-state index in [9.17, 15) is 4.79 Å². The molecule has 2 aromatic carbocycles. The molecule has 0 saturated heterocycles. The van der Waals surface area contributed by atoms with Crippen molar-refractivity contribution in [3.8, 4) is 11.5 Å². The number of aliphatic imine (C=N–C) groups is 1. The molecule has 0 fully saturated rings. The molecule has 0 radical (unpaired) electrons. The number of rotatable bonds is 1. The maximum atomic E-state index is 12.8. The van der Waals surface area contributed by atoms with Crippen molar-refractivity contribution in [1.82, 2.24) is 0 Å². The van der Waals surface area contributed by atoms with E-state index in [1.54, 1.807) is 0 Å². The number of hydrogen-bond acceptors (Lipinski definition) is 5. The number of carbonyl (C=O) groups excluding carboxylic acids is 1. The molecule has 0 atom stereocenters. The van der Waals surface area contributed by atoms with Crippen LogP contribution < -0.4 is 19.7 Å². The van der Waals surface area contributed by atoms with Crippen LogP contribution in [0.15, 0.2) is 53.2 Å². The van der Waals surface area contributed by atoms with Crippen LogP contribution in [0, 0.1) is 0 Å². The molecule has 1 N–H and O–H groups in total. The summed E-state index contributed by atoms with van der Waals surface area (Å²) < 4.78 is 11.0. The summed E-state index contributed by atoms with van der Waals surface area (Å²) in [5.74, 6) is 1.23. The average Bonchev–Trinajstić information content (AvgIpc) is 3.03. The van der Waals surface area contributed by atoms with Crippen LogP contribution in [-0.2, 0) is 4.79 Å². The fourth-order valence-corrected chi connectivity index (χ4v) is 3.33. The smallest absolute Gasteiger partial charge is 0.259 e. The SMILES string of the molecule is CCN1C=C2C(=O)Nc3ccccc3N=C2c2cc3c(cc21)OCO3. The molecule has 0 saturated carbocycles. The third-order valence-corrected chi connectivity index (χ3v) is 4.57. The molecule has 2 aromatic rings. The Morgan fingerprint density at radius 1 is 1.20 bits per heavy atom. The third kappa shape index (κ3) is 2.04. The fourth-order valence-electron chi connectivity index (χ4n) is 3.33. The summed E-state index contributed by atoms with van der Waals surface area (Å²) in [6, 6.07) is 11.4. The summed E-state index contributed by atoms with van der Waals surface area (Å²) in [5, 5.41) is 2.94. The molecule has 6 heteroatoms. The summed E-state index contributed by atoms with van der Waals surface area (Å²) in [6.07, 6.45) is 1.85. The van der Waals surface area contributed by atoms with Crippen molar-refractivity contribution in [1.29, 1.82) is 0 Å². The molecule has 3 heterocycles. The third-order valence-electron chi connectivity index (χ3n) is 4.57. The van der Waals surface area contributed by atoms with Crippen molar-refractivity contribution in [3.05, 3.63) is 53.7 Å². The highest BCUT2D eigenvalue weighted by molar-refractivity contribution is 6.35. The van der Waals surface area contributed by atoms with Gasteiger partial charge in [-0.2, -0.15) is 0 Å². The highest BCUT2D eigenvalue weighted by Crippen LogP contribution is 2.43. The number of para-hydroxylation sites is 2. The lowest BCUT2D eigenvalue weighted by Gasteiger charge is -2.28. The number of benzene rings is 2. The van der Waals surface area contributed by atoms with Crippen LogP contribution in [0.25, 0.3) is 0 Å². The second-order valence-electron chi connectivity index (χ2n) is 5.98. The Balaban J connectivity index is 1.78. The Kier molecular flexibility index (Phi) is 2.88. The van der Waals surface area contributed by atoms with Gasteiger partial charge in [-0.05, 0) is 25.1 Å². The van der Waals surface area contributed by atoms with Gasteiger partial charge in [0.1, 0.15) is 0 Å². The second kappa shape index (κ2) is 5.11. The molecule has 3 aliphatic heterocycles. The molecule has 6 nitrogen and oxygen atoms in total. The molecular formula is C19H15N3O3. The van der Waals surface area contributed by atoms with Crippen molar-refractivity contribution in [2.24, 2.45) is 4.99 Å². The van der Waals surface area contributed by atoms with E-state index >= 15 is 0 Å². The van der Waals surface area contributed by atoms with Gasteiger partial charge >= 0.3 is 0 Å². The number of nitrogens with one attached hydrogen (secondary N) is 1. The molecule has 1 amide bonds. The van der Waals surface area contributed by atoms with Crippen LogP contribution in [0.5, 0.6) is 11.5 Å². The molecule has 25 heavy (non-hydrogen) atoms. The minimum absolute atomic E-state index is 0.162. The van der Waals surface area contributed by atoms with Crippen molar-refractivity contribution < 1.29 is 14.3 Å². The van der Waals surface area contributed by atoms with Crippen LogP contribution in [0.2, 0.25) is 0 Å². The summed E-state index contributed by atoms with van der Waals surface area (Å²) in [5.41, 5.74) is 4.48. The predicted molar refractivity (Wildman–Crippen MR) is 94.9 cm³/mol. The van der Waals surface area contributed by atoms with Gasteiger partial charge in [0.15, 0.2) is 11.5 Å². The molecule has 0 spiro atoms. The zero-order chi connectivity index (χ0) is 17.0. The maximum absolute atomic E-state index is 12.8. The number of carbonyl (C=O) groups is 1. The highest BCUT2D eigenvalue weighted by Gasteiger charge is 2.32. The Labute approximate surface area is 144 Å². The lowest BCUT2D eigenvalue weighted by Crippen LogP contribution is -2.30. The highest BCUT2D eigenvalue weighted by atomic mass is 16.7. The van der Waals surface area contributed by atoms with Crippen LogP contribution in [-0.4, -0.2) is 25.0 Å². The fraction of sp³-hybridized carbons (Fsp3) is 0.158. The van der Waals surface area contributed by atoms with Gasteiger partial charge in [-0.1, -0.05) is 12.1 Å². The maximum Gasteiger partial charge on any atom is 0.259 e. The van der Waals surface area contributed by atoms with Gasteiger partial charge in [-0.15, -0.1) is 0 Å².